The third-order valence-electron chi connectivity index (χ3n) is 2.13. The number of rotatable bonds is 2. The molecule has 4 nitrogen and oxygen atoms in total. The van der Waals surface area contributed by atoms with E-state index in [1.54, 1.807) is 12.3 Å². The highest BCUT2D eigenvalue weighted by atomic mass is 35.5. The van der Waals surface area contributed by atoms with E-state index in [4.69, 9.17) is 11.6 Å². The van der Waals surface area contributed by atoms with Gasteiger partial charge in [0.1, 0.15) is 0 Å². The van der Waals surface area contributed by atoms with Gasteiger partial charge in [-0.1, -0.05) is 11.6 Å². The van der Waals surface area contributed by atoms with Gasteiger partial charge in [-0.2, -0.15) is 0 Å². The minimum Gasteiger partial charge on any atom is -0.347 e. The summed E-state index contributed by atoms with van der Waals surface area (Å²) in [6.07, 6.45) is 3.02. The molecule has 1 amide bonds. The fourth-order valence-corrected chi connectivity index (χ4v) is 1.42. The maximum Gasteiger partial charge on any atom is 0.253 e. The van der Waals surface area contributed by atoms with Crippen molar-refractivity contribution in [2.75, 3.05) is 13.1 Å². The quantitative estimate of drug-likeness (QED) is 0.747. The number of aromatic nitrogens is 1. The normalized spacial score (nSPS) is 16.1. The molecule has 5 heteroatoms. The van der Waals surface area contributed by atoms with E-state index in [9.17, 15) is 4.79 Å². The Hall–Kier alpha value is -1.13. The van der Waals surface area contributed by atoms with Crippen molar-refractivity contribution in [1.29, 1.82) is 0 Å². The van der Waals surface area contributed by atoms with Crippen LogP contribution in [0.15, 0.2) is 18.5 Å². The summed E-state index contributed by atoms with van der Waals surface area (Å²) in [7, 11) is 0. The van der Waals surface area contributed by atoms with Crippen molar-refractivity contribution < 1.29 is 4.79 Å². The Morgan fingerprint density at radius 2 is 2.43 bits per heavy atom. The van der Waals surface area contributed by atoms with Crippen LogP contribution in [-0.4, -0.2) is 30.0 Å². The van der Waals surface area contributed by atoms with Gasteiger partial charge in [0, 0.05) is 25.5 Å². The van der Waals surface area contributed by atoms with Crippen molar-refractivity contribution in [3.63, 3.8) is 0 Å². The van der Waals surface area contributed by atoms with Crippen molar-refractivity contribution in [2.45, 2.75) is 6.04 Å². The molecule has 1 aliphatic rings. The van der Waals surface area contributed by atoms with E-state index < -0.39 is 0 Å². The van der Waals surface area contributed by atoms with Gasteiger partial charge in [0.05, 0.1) is 16.6 Å². The summed E-state index contributed by atoms with van der Waals surface area (Å²) < 4.78 is 0. The Labute approximate surface area is 86.7 Å². The van der Waals surface area contributed by atoms with Gasteiger partial charge in [-0.3, -0.25) is 9.78 Å². The zero-order chi connectivity index (χ0) is 9.97. The van der Waals surface area contributed by atoms with Gasteiger partial charge in [0.2, 0.25) is 0 Å². The van der Waals surface area contributed by atoms with Crippen molar-refractivity contribution in [3.8, 4) is 0 Å². The minimum atomic E-state index is -0.135. The van der Waals surface area contributed by atoms with Gasteiger partial charge in [-0.25, -0.2) is 0 Å². The summed E-state index contributed by atoms with van der Waals surface area (Å²) in [6, 6.07) is 1.84. The van der Waals surface area contributed by atoms with Gasteiger partial charge >= 0.3 is 0 Å². The number of nitrogens with one attached hydrogen (secondary N) is 2. The van der Waals surface area contributed by atoms with Crippen LogP contribution in [0.3, 0.4) is 0 Å². The number of carbonyl (C=O) groups is 1. The van der Waals surface area contributed by atoms with Crippen LogP contribution in [0, 0.1) is 0 Å². The van der Waals surface area contributed by atoms with Gasteiger partial charge in [-0.15, -0.1) is 0 Å². The third-order valence-corrected chi connectivity index (χ3v) is 2.43. The molecule has 0 atom stereocenters. The number of hydrogen-bond acceptors (Lipinski definition) is 3. The first-order chi connectivity index (χ1) is 6.77. The first-order valence-corrected chi connectivity index (χ1v) is 4.76. The monoisotopic (exact) mass is 211 g/mol. The van der Waals surface area contributed by atoms with Crippen LogP contribution >= 0.6 is 11.6 Å². The average Bonchev–Trinajstić information content (AvgIpc) is 2.12. The molecule has 0 aliphatic carbocycles. The van der Waals surface area contributed by atoms with Crippen molar-refractivity contribution >= 4 is 17.5 Å². The largest absolute Gasteiger partial charge is 0.347 e. The number of pyridine rings is 1. The molecule has 1 aromatic rings. The molecule has 0 aromatic carbocycles. The first kappa shape index (κ1) is 9.43. The number of nitrogens with zero attached hydrogens (tertiary/aromatic N) is 1. The van der Waals surface area contributed by atoms with Crippen LogP contribution in [-0.2, 0) is 0 Å². The molecule has 2 heterocycles. The lowest BCUT2D eigenvalue weighted by Crippen LogP contribution is -2.56. The number of carbonyl (C=O) groups excluding carboxylic acids is 1. The summed E-state index contributed by atoms with van der Waals surface area (Å²) in [6.45, 7) is 1.66. The Balaban J connectivity index is 2.06. The lowest BCUT2D eigenvalue weighted by Gasteiger charge is -2.27. The fraction of sp³-hybridized carbons (Fsp3) is 0.333. The molecule has 74 valence electrons. The van der Waals surface area contributed by atoms with Gasteiger partial charge in [-0.05, 0) is 6.07 Å². The Morgan fingerprint density at radius 3 is 3.00 bits per heavy atom. The molecular weight excluding hydrogens is 202 g/mol. The molecule has 0 bridgehead atoms. The Kier molecular flexibility index (Phi) is 2.65. The molecular formula is C9H10ClN3O. The molecule has 1 aliphatic heterocycles. The lowest BCUT2D eigenvalue weighted by atomic mass is 10.1. The smallest absolute Gasteiger partial charge is 0.253 e. The molecule has 1 saturated heterocycles. The standard InChI is InChI=1S/C9H10ClN3O/c10-8-5-11-2-1-7(8)9(14)13-6-3-12-4-6/h1-2,5-6,12H,3-4H2,(H,13,14). The van der Waals surface area contributed by atoms with E-state index in [0.717, 1.165) is 13.1 Å². The molecule has 0 radical (unpaired) electrons. The molecule has 2 N–H and O–H groups in total. The molecule has 0 spiro atoms. The number of hydrogen-bond donors (Lipinski definition) is 2. The van der Waals surface area contributed by atoms with E-state index in [-0.39, 0.29) is 11.9 Å². The topological polar surface area (TPSA) is 54.0 Å². The third kappa shape index (κ3) is 1.86. The zero-order valence-electron chi connectivity index (χ0n) is 7.46. The fourth-order valence-electron chi connectivity index (χ4n) is 1.21. The van der Waals surface area contributed by atoms with E-state index in [0.29, 0.717) is 10.6 Å². The van der Waals surface area contributed by atoms with Gasteiger partial charge < -0.3 is 10.6 Å². The highest BCUT2D eigenvalue weighted by molar-refractivity contribution is 6.33. The van der Waals surface area contributed by atoms with Gasteiger partial charge in [0.25, 0.3) is 5.91 Å². The van der Waals surface area contributed by atoms with Crippen LogP contribution in [0.4, 0.5) is 0 Å². The number of halogens is 1. The second-order valence-corrected chi connectivity index (χ2v) is 3.59. The minimum absolute atomic E-state index is 0.135. The highest BCUT2D eigenvalue weighted by Crippen LogP contribution is 2.13. The Morgan fingerprint density at radius 1 is 1.64 bits per heavy atom. The van der Waals surface area contributed by atoms with Crippen LogP contribution in [0.25, 0.3) is 0 Å². The second-order valence-electron chi connectivity index (χ2n) is 3.18. The van der Waals surface area contributed by atoms with Crippen LogP contribution in [0.2, 0.25) is 5.02 Å². The highest BCUT2D eigenvalue weighted by Gasteiger charge is 2.20. The molecule has 0 saturated carbocycles. The van der Waals surface area contributed by atoms with E-state index in [1.807, 2.05) is 0 Å². The summed E-state index contributed by atoms with van der Waals surface area (Å²) in [5, 5.41) is 6.32. The van der Waals surface area contributed by atoms with Crippen molar-refractivity contribution in [2.24, 2.45) is 0 Å². The van der Waals surface area contributed by atoms with E-state index >= 15 is 0 Å². The molecule has 0 unspecified atom stereocenters. The summed E-state index contributed by atoms with van der Waals surface area (Å²) >= 11 is 5.82. The maximum absolute atomic E-state index is 11.6. The zero-order valence-corrected chi connectivity index (χ0v) is 8.21. The van der Waals surface area contributed by atoms with Gasteiger partial charge in [0.15, 0.2) is 0 Å². The van der Waals surface area contributed by atoms with Crippen molar-refractivity contribution in [1.82, 2.24) is 15.6 Å². The maximum atomic E-state index is 11.6. The van der Waals surface area contributed by atoms with Crippen LogP contribution in [0.1, 0.15) is 10.4 Å². The predicted octanol–water partition coefficient (Wildman–Crippen LogP) is 0.437. The van der Waals surface area contributed by atoms with Crippen LogP contribution in [0.5, 0.6) is 0 Å². The van der Waals surface area contributed by atoms with Crippen molar-refractivity contribution in [3.05, 3.63) is 29.0 Å². The summed E-state index contributed by atoms with van der Waals surface area (Å²) in [5.41, 5.74) is 0.480. The lowest BCUT2D eigenvalue weighted by molar-refractivity contribution is 0.0924. The molecule has 1 aromatic heterocycles. The second kappa shape index (κ2) is 3.94. The summed E-state index contributed by atoms with van der Waals surface area (Å²) in [5.74, 6) is -0.135. The van der Waals surface area contributed by atoms with Crippen LogP contribution < -0.4 is 10.6 Å². The number of amides is 1. The van der Waals surface area contributed by atoms with E-state index in [2.05, 4.69) is 15.6 Å². The first-order valence-electron chi connectivity index (χ1n) is 4.38. The summed E-state index contributed by atoms with van der Waals surface area (Å²) in [4.78, 5) is 15.4. The SMILES string of the molecule is O=C(NC1CNC1)c1ccncc1Cl. The molecule has 14 heavy (non-hydrogen) atoms. The molecule has 1 fully saturated rings. The average molecular weight is 212 g/mol. The Bertz CT molecular complexity index is 352. The van der Waals surface area contributed by atoms with E-state index in [1.165, 1.54) is 6.20 Å². The molecule has 2 rings (SSSR count). The predicted molar refractivity (Wildman–Crippen MR) is 53.4 cm³/mol.